The van der Waals surface area contributed by atoms with Crippen LogP contribution in [0.2, 0.25) is 5.02 Å². The molecule has 0 amide bonds. The standard InChI is InChI=1S/C15H13ClFNO2/c16-13-7-11(18)2-4-15(13)19-8-12-6-9-5-10(17)1-3-14(9)20-12/h1-5,7,12H,6,8,18H2. The van der Waals surface area contributed by atoms with Crippen molar-refractivity contribution in [3.05, 3.63) is 52.8 Å². The lowest BCUT2D eigenvalue weighted by atomic mass is 10.1. The van der Waals surface area contributed by atoms with E-state index in [0.717, 1.165) is 5.56 Å². The van der Waals surface area contributed by atoms with Crippen molar-refractivity contribution in [2.75, 3.05) is 12.3 Å². The van der Waals surface area contributed by atoms with Crippen LogP contribution in [0.1, 0.15) is 5.56 Å². The van der Waals surface area contributed by atoms with Gasteiger partial charge in [0.1, 0.15) is 30.0 Å². The number of hydrogen-bond donors (Lipinski definition) is 1. The average molecular weight is 294 g/mol. The van der Waals surface area contributed by atoms with Gasteiger partial charge in [-0.05, 0) is 36.4 Å². The SMILES string of the molecule is Nc1ccc(OCC2Cc3cc(F)ccc3O2)c(Cl)c1. The maximum atomic E-state index is 13.1. The lowest BCUT2D eigenvalue weighted by Crippen LogP contribution is -2.22. The third kappa shape index (κ3) is 2.65. The van der Waals surface area contributed by atoms with Gasteiger partial charge in [-0.3, -0.25) is 0 Å². The molecule has 0 bridgehead atoms. The van der Waals surface area contributed by atoms with Gasteiger partial charge in [0.15, 0.2) is 0 Å². The molecule has 0 saturated carbocycles. The Morgan fingerprint density at radius 2 is 2.15 bits per heavy atom. The fourth-order valence-electron chi connectivity index (χ4n) is 2.20. The third-order valence-corrected chi connectivity index (χ3v) is 3.44. The van der Waals surface area contributed by atoms with E-state index < -0.39 is 0 Å². The van der Waals surface area contributed by atoms with E-state index in [-0.39, 0.29) is 11.9 Å². The van der Waals surface area contributed by atoms with Crippen LogP contribution in [0.25, 0.3) is 0 Å². The number of ether oxygens (including phenoxy) is 2. The third-order valence-electron chi connectivity index (χ3n) is 3.14. The number of nitrogen functional groups attached to an aromatic ring is 1. The van der Waals surface area contributed by atoms with E-state index in [2.05, 4.69) is 0 Å². The van der Waals surface area contributed by atoms with Crippen molar-refractivity contribution in [1.29, 1.82) is 0 Å². The molecule has 0 aromatic heterocycles. The Labute approximate surface area is 121 Å². The Morgan fingerprint density at radius 1 is 1.30 bits per heavy atom. The van der Waals surface area contributed by atoms with E-state index in [1.807, 2.05) is 0 Å². The Kier molecular flexibility index (Phi) is 3.40. The molecule has 2 N–H and O–H groups in total. The van der Waals surface area contributed by atoms with E-state index in [0.29, 0.717) is 35.2 Å². The highest BCUT2D eigenvalue weighted by Crippen LogP contribution is 2.31. The molecule has 1 unspecified atom stereocenters. The fourth-order valence-corrected chi connectivity index (χ4v) is 2.44. The Bertz CT molecular complexity index is 648. The van der Waals surface area contributed by atoms with Gasteiger partial charge in [-0.2, -0.15) is 0 Å². The molecular weight excluding hydrogens is 281 g/mol. The lowest BCUT2D eigenvalue weighted by molar-refractivity contribution is 0.148. The van der Waals surface area contributed by atoms with E-state index in [1.165, 1.54) is 12.1 Å². The van der Waals surface area contributed by atoms with Crippen molar-refractivity contribution < 1.29 is 13.9 Å². The molecule has 5 heteroatoms. The van der Waals surface area contributed by atoms with E-state index in [1.54, 1.807) is 24.3 Å². The summed E-state index contributed by atoms with van der Waals surface area (Å²) in [6, 6.07) is 9.60. The minimum atomic E-state index is -0.254. The van der Waals surface area contributed by atoms with Gasteiger partial charge in [0, 0.05) is 17.7 Å². The van der Waals surface area contributed by atoms with Crippen molar-refractivity contribution in [3.63, 3.8) is 0 Å². The summed E-state index contributed by atoms with van der Waals surface area (Å²) in [4.78, 5) is 0. The van der Waals surface area contributed by atoms with Crippen molar-refractivity contribution >= 4 is 17.3 Å². The van der Waals surface area contributed by atoms with E-state index >= 15 is 0 Å². The Morgan fingerprint density at radius 3 is 2.95 bits per heavy atom. The molecule has 3 nitrogen and oxygen atoms in total. The van der Waals surface area contributed by atoms with Crippen LogP contribution in [0.15, 0.2) is 36.4 Å². The monoisotopic (exact) mass is 293 g/mol. The van der Waals surface area contributed by atoms with Crippen molar-refractivity contribution in [3.8, 4) is 11.5 Å². The van der Waals surface area contributed by atoms with Crippen molar-refractivity contribution in [2.24, 2.45) is 0 Å². The number of rotatable bonds is 3. The molecule has 3 rings (SSSR count). The minimum absolute atomic E-state index is 0.139. The number of benzene rings is 2. The molecule has 1 aliphatic rings. The van der Waals surface area contributed by atoms with Gasteiger partial charge in [0.25, 0.3) is 0 Å². The second-order valence-corrected chi connectivity index (χ2v) is 5.10. The van der Waals surface area contributed by atoms with Crippen LogP contribution in [0.5, 0.6) is 11.5 Å². The minimum Gasteiger partial charge on any atom is -0.488 e. The summed E-state index contributed by atoms with van der Waals surface area (Å²) < 4.78 is 24.4. The smallest absolute Gasteiger partial charge is 0.138 e. The number of halogens is 2. The molecule has 2 aromatic carbocycles. The number of fused-ring (bicyclic) bond motifs is 1. The van der Waals surface area contributed by atoms with Crippen molar-refractivity contribution in [1.82, 2.24) is 0 Å². The largest absolute Gasteiger partial charge is 0.488 e. The molecule has 0 radical (unpaired) electrons. The summed E-state index contributed by atoms with van der Waals surface area (Å²) in [7, 11) is 0. The summed E-state index contributed by atoms with van der Waals surface area (Å²) in [6.07, 6.45) is 0.486. The van der Waals surface area contributed by atoms with Crippen LogP contribution < -0.4 is 15.2 Å². The number of hydrogen-bond acceptors (Lipinski definition) is 3. The molecule has 104 valence electrons. The molecule has 1 atom stereocenters. The first-order chi connectivity index (χ1) is 9.61. The highest BCUT2D eigenvalue weighted by atomic mass is 35.5. The first-order valence-corrected chi connectivity index (χ1v) is 6.62. The molecule has 1 aliphatic heterocycles. The molecule has 0 fully saturated rings. The molecular formula is C15H13ClFNO2. The van der Waals surface area contributed by atoms with Gasteiger partial charge < -0.3 is 15.2 Å². The zero-order valence-electron chi connectivity index (χ0n) is 10.6. The normalized spacial score (nSPS) is 16.6. The predicted octanol–water partition coefficient (Wildman–Crippen LogP) is 3.44. The second-order valence-electron chi connectivity index (χ2n) is 4.70. The van der Waals surface area contributed by atoms with Crippen molar-refractivity contribution in [2.45, 2.75) is 12.5 Å². The molecule has 1 heterocycles. The zero-order valence-corrected chi connectivity index (χ0v) is 11.4. The number of nitrogens with two attached hydrogens (primary N) is 1. The summed E-state index contributed by atoms with van der Waals surface area (Å²) in [5, 5.41) is 0.464. The van der Waals surface area contributed by atoms with Crippen LogP contribution >= 0.6 is 11.6 Å². The Balaban J connectivity index is 1.63. The molecule has 2 aromatic rings. The quantitative estimate of drug-likeness (QED) is 0.882. The van der Waals surface area contributed by atoms with E-state index in [4.69, 9.17) is 26.8 Å². The first-order valence-electron chi connectivity index (χ1n) is 6.25. The predicted molar refractivity (Wildman–Crippen MR) is 75.9 cm³/mol. The van der Waals surface area contributed by atoms with Gasteiger partial charge in [0.05, 0.1) is 5.02 Å². The summed E-state index contributed by atoms with van der Waals surface area (Å²) in [6.45, 7) is 0.347. The maximum absolute atomic E-state index is 13.1. The molecule has 0 saturated heterocycles. The van der Waals surface area contributed by atoms with Gasteiger partial charge in [0.2, 0.25) is 0 Å². The van der Waals surface area contributed by atoms with Crippen LogP contribution in [-0.4, -0.2) is 12.7 Å². The summed E-state index contributed by atoms with van der Waals surface area (Å²) in [5.74, 6) is 1.02. The fraction of sp³-hybridized carbons (Fsp3) is 0.200. The lowest BCUT2D eigenvalue weighted by Gasteiger charge is -2.13. The van der Waals surface area contributed by atoms with Crippen LogP contribution in [0.4, 0.5) is 10.1 Å². The van der Waals surface area contributed by atoms with Gasteiger partial charge in [-0.15, -0.1) is 0 Å². The topological polar surface area (TPSA) is 44.5 Å². The second kappa shape index (κ2) is 5.21. The van der Waals surface area contributed by atoms with Gasteiger partial charge in [-0.25, -0.2) is 4.39 Å². The van der Waals surface area contributed by atoms with Gasteiger partial charge >= 0.3 is 0 Å². The Hall–Kier alpha value is -1.94. The van der Waals surface area contributed by atoms with Gasteiger partial charge in [-0.1, -0.05) is 11.6 Å². The first kappa shape index (κ1) is 13.1. The van der Waals surface area contributed by atoms with Crippen LogP contribution in [0, 0.1) is 5.82 Å². The maximum Gasteiger partial charge on any atom is 0.138 e. The highest BCUT2D eigenvalue weighted by molar-refractivity contribution is 6.32. The molecule has 0 spiro atoms. The van der Waals surface area contributed by atoms with Crippen LogP contribution in [0.3, 0.4) is 0 Å². The summed E-state index contributed by atoms with van der Waals surface area (Å²) >= 11 is 6.03. The van der Waals surface area contributed by atoms with Crippen LogP contribution in [-0.2, 0) is 6.42 Å². The number of anilines is 1. The average Bonchev–Trinajstić information content (AvgIpc) is 2.79. The highest BCUT2D eigenvalue weighted by Gasteiger charge is 2.24. The molecule has 20 heavy (non-hydrogen) atoms. The van der Waals surface area contributed by atoms with E-state index in [9.17, 15) is 4.39 Å². The zero-order chi connectivity index (χ0) is 14.1. The molecule has 0 aliphatic carbocycles. The summed E-state index contributed by atoms with van der Waals surface area (Å²) in [5.41, 5.74) is 7.07.